The Morgan fingerprint density at radius 1 is 0.921 bits per heavy atom. The number of benzene rings is 1. The molecule has 8 heteroatoms. The fourth-order valence-corrected chi connectivity index (χ4v) is 3.91. The van der Waals surface area contributed by atoms with Crippen LogP contribution >= 0.6 is 0 Å². The number of nitrogens with zero attached hydrogens (tertiary/aromatic N) is 1. The monoisotopic (exact) mass is 534 g/mol. The number of aliphatic hydroxyl groups is 2. The average molecular weight is 535 g/mol. The highest BCUT2D eigenvalue weighted by atomic mass is 19.1. The predicted molar refractivity (Wildman–Crippen MR) is 147 cm³/mol. The lowest BCUT2D eigenvalue weighted by Crippen LogP contribution is -2.39. The number of halogens is 2. The van der Waals surface area contributed by atoms with E-state index < -0.39 is 23.8 Å². The molecular formula is C30H44F2N2O4. The summed E-state index contributed by atoms with van der Waals surface area (Å²) >= 11 is 0. The van der Waals surface area contributed by atoms with Crippen LogP contribution < -0.4 is 5.32 Å². The number of nitrogens with one attached hydrogen (secondary N) is 1. The lowest BCUT2D eigenvalue weighted by atomic mass is 10.1. The van der Waals surface area contributed by atoms with E-state index in [1.54, 1.807) is 19.1 Å². The van der Waals surface area contributed by atoms with E-state index in [0.29, 0.717) is 42.6 Å². The standard InChI is InChI=1S/C23H38N2O4.C7H6F2/c1-5-8-9-20(26)21(27)16-24-22(28)19-14-17(4)10-11-18(15-19)23(29)25(12-6-2)13-7-3;1-5-2-6(8)4-7(9)3-5/h11,14-15,20-21,26-27H,5-10,12-13,16H2,1-4H3,(H,24,28);2-4H,1H3/t20-,21?;/m1./s1. The highest BCUT2D eigenvalue weighted by Crippen LogP contribution is 2.19. The molecule has 1 aromatic rings. The Morgan fingerprint density at radius 2 is 1.53 bits per heavy atom. The van der Waals surface area contributed by atoms with Gasteiger partial charge in [0, 0.05) is 36.8 Å². The molecular weight excluding hydrogens is 490 g/mol. The zero-order chi connectivity index (χ0) is 28.7. The third-order valence-electron chi connectivity index (χ3n) is 5.92. The van der Waals surface area contributed by atoms with Gasteiger partial charge in [0.25, 0.3) is 11.8 Å². The average Bonchev–Trinajstić information content (AvgIpc) is 3.06. The van der Waals surface area contributed by atoms with E-state index in [-0.39, 0.29) is 18.4 Å². The SMILES string of the molecule is CCCC[C@@H](O)C(O)CNC(=O)C1=CC(C(=O)N(CCC)CCC)=CCC(C)=C1.Cc1cc(F)cc(F)c1. The molecule has 0 saturated heterocycles. The summed E-state index contributed by atoms with van der Waals surface area (Å²) in [6.07, 6.45) is 8.04. The summed E-state index contributed by atoms with van der Waals surface area (Å²) in [5.41, 5.74) is 2.50. The molecule has 1 aliphatic rings. The number of hydrogen-bond acceptors (Lipinski definition) is 4. The van der Waals surface area contributed by atoms with E-state index in [9.17, 15) is 28.6 Å². The maximum Gasteiger partial charge on any atom is 0.253 e. The first-order valence-corrected chi connectivity index (χ1v) is 13.5. The Morgan fingerprint density at radius 3 is 2.05 bits per heavy atom. The van der Waals surface area contributed by atoms with Crippen molar-refractivity contribution in [1.29, 1.82) is 0 Å². The first-order valence-electron chi connectivity index (χ1n) is 13.5. The molecule has 0 bridgehead atoms. The second-order valence-corrected chi connectivity index (χ2v) is 9.68. The molecule has 0 fully saturated rings. The van der Waals surface area contributed by atoms with Gasteiger partial charge in [0.1, 0.15) is 11.6 Å². The van der Waals surface area contributed by atoms with Gasteiger partial charge in [-0.3, -0.25) is 9.59 Å². The molecule has 0 radical (unpaired) electrons. The predicted octanol–water partition coefficient (Wildman–Crippen LogP) is 5.14. The van der Waals surface area contributed by atoms with Gasteiger partial charge in [-0.2, -0.15) is 0 Å². The molecule has 1 unspecified atom stereocenters. The molecule has 1 aliphatic carbocycles. The molecule has 2 atom stereocenters. The Hall–Kier alpha value is -2.84. The van der Waals surface area contributed by atoms with Gasteiger partial charge in [-0.15, -0.1) is 0 Å². The summed E-state index contributed by atoms with van der Waals surface area (Å²) in [7, 11) is 0. The largest absolute Gasteiger partial charge is 0.390 e. The number of aryl methyl sites for hydroxylation is 1. The zero-order valence-electron chi connectivity index (χ0n) is 23.4. The Balaban J connectivity index is 0.000000671. The van der Waals surface area contributed by atoms with Crippen LogP contribution in [0.4, 0.5) is 8.78 Å². The van der Waals surface area contributed by atoms with E-state index in [2.05, 4.69) is 5.32 Å². The molecule has 212 valence electrons. The van der Waals surface area contributed by atoms with Crippen LogP contribution in [0, 0.1) is 18.6 Å². The van der Waals surface area contributed by atoms with Crippen molar-refractivity contribution in [3.05, 3.63) is 70.3 Å². The minimum absolute atomic E-state index is 0.0290. The second-order valence-electron chi connectivity index (χ2n) is 9.68. The third kappa shape index (κ3) is 12.1. The quantitative estimate of drug-likeness (QED) is 0.346. The summed E-state index contributed by atoms with van der Waals surface area (Å²) in [5, 5.41) is 22.7. The van der Waals surface area contributed by atoms with Gasteiger partial charge in [-0.1, -0.05) is 51.3 Å². The van der Waals surface area contributed by atoms with Crippen molar-refractivity contribution in [1.82, 2.24) is 10.2 Å². The maximum atomic E-state index is 12.9. The second kappa shape index (κ2) is 17.6. The summed E-state index contributed by atoms with van der Waals surface area (Å²) in [4.78, 5) is 27.4. The Bertz CT molecular complexity index is 947. The smallest absolute Gasteiger partial charge is 0.253 e. The lowest BCUT2D eigenvalue weighted by Gasteiger charge is -2.22. The van der Waals surface area contributed by atoms with Crippen LogP contribution in [0.3, 0.4) is 0 Å². The molecule has 0 spiro atoms. The molecule has 1 aromatic carbocycles. The van der Waals surface area contributed by atoms with Crippen molar-refractivity contribution >= 4 is 11.8 Å². The Labute approximate surface area is 226 Å². The van der Waals surface area contributed by atoms with Crippen LogP contribution in [0.1, 0.15) is 71.8 Å². The van der Waals surface area contributed by atoms with Crippen molar-refractivity contribution in [3.63, 3.8) is 0 Å². The van der Waals surface area contributed by atoms with Crippen LogP contribution in [0.15, 0.2) is 53.1 Å². The van der Waals surface area contributed by atoms with Crippen LogP contribution in [-0.2, 0) is 9.59 Å². The number of amides is 2. The third-order valence-corrected chi connectivity index (χ3v) is 5.92. The van der Waals surface area contributed by atoms with E-state index in [4.69, 9.17) is 0 Å². The molecule has 2 amide bonds. The molecule has 6 nitrogen and oxygen atoms in total. The fourth-order valence-electron chi connectivity index (χ4n) is 3.91. The van der Waals surface area contributed by atoms with Crippen LogP contribution in [0.25, 0.3) is 0 Å². The first kappa shape index (κ1) is 33.2. The van der Waals surface area contributed by atoms with Crippen molar-refractivity contribution in [3.8, 4) is 0 Å². The van der Waals surface area contributed by atoms with Gasteiger partial charge in [0.15, 0.2) is 0 Å². The van der Waals surface area contributed by atoms with Crippen molar-refractivity contribution < 1.29 is 28.6 Å². The number of hydrogen-bond donors (Lipinski definition) is 3. The zero-order valence-corrected chi connectivity index (χ0v) is 23.4. The van der Waals surface area contributed by atoms with Gasteiger partial charge >= 0.3 is 0 Å². The van der Waals surface area contributed by atoms with Gasteiger partial charge < -0.3 is 20.4 Å². The topological polar surface area (TPSA) is 89.9 Å². The minimum Gasteiger partial charge on any atom is -0.390 e. The summed E-state index contributed by atoms with van der Waals surface area (Å²) in [6.45, 7) is 11.0. The molecule has 38 heavy (non-hydrogen) atoms. The summed E-state index contributed by atoms with van der Waals surface area (Å²) in [5.74, 6) is -1.46. The van der Waals surface area contributed by atoms with Gasteiger partial charge in [-0.05, 0) is 63.3 Å². The lowest BCUT2D eigenvalue weighted by molar-refractivity contribution is -0.126. The van der Waals surface area contributed by atoms with E-state index in [0.717, 1.165) is 37.3 Å². The van der Waals surface area contributed by atoms with Crippen LogP contribution in [0.2, 0.25) is 0 Å². The van der Waals surface area contributed by atoms with E-state index in [1.807, 2.05) is 38.7 Å². The van der Waals surface area contributed by atoms with Crippen molar-refractivity contribution in [2.45, 2.75) is 85.4 Å². The fraction of sp³-hybridized carbons (Fsp3) is 0.533. The normalized spacial score (nSPS) is 14.6. The summed E-state index contributed by atoms with van der Waals surface area (Å²) in [6, 6.07) is 3.42. The first-order chi connectivity index (χ1) is 18.0. The number of allylic oxidation sites excluding steroid dienone is 2. The molecule has 3 N–H and O–H groups in total. The van der Waals surface area contributed by atoms with Gasteiger partial charge in [0.05, 0.1) is 12.2 Å². The van der Waals surface area contributed by atoms with Gasteiger partial charge in [-0.25, -0.2) is 8.78 Å². The van der Waals surface area contributed by atoms with Crippen molar-refractivity contribution in [2.75, 3.05) is 19.6 Å². The highest BCUT2D eigenvalue weighted by molar-refractivity contribution is 6.02. The van der Waals surface area contributed by atoms with E-state index >= 15 is 0 Å². The Kier molecular flexibility index (Phi) is 15.4. The molecule has 0 heterocycles. The van der Waals surface area contributed by atoms with Crippen LogP contribution in [-0.4, -0.2) is 58.8 Å². The summed E-state index contributed by atoms with van der Waals surface area (Å²) < 4.78 is 24.4. The number of carbonyl (C=O) groups is 2. The maximum absolute atomic E-state index is 12.9. The number of rotatable bonds is 12. The van der Waals surface area contributed by atoms with Crippen LogP contribution in [0.5, 0.6) is 0 Å². The van der Waals surface area contributed by atoms with Crippen molar-refractivity contribution in [2.24, 2.45) is 0 Å². The van der Waals surface area contributed by atoms with E-state index in [1.165, 1.54) is 12.1 Å². The highest BCUT2D eigenvalue weighted by Gasteiger charge is 2.21. The minimum atomic E-state index is -1.01. The number of unbranched alkanes of at least 4 members (excludes halogenated alkanes) is 1. The molecule has 2 rings (SSSR count). The molecule has 0 saturated carbocycles. The number of carbonyl (C=O) groups excluding carboxylic acids is 2. The number of aliphatic hydroxyl groups excluding tert-OH is 2. The molecule has 0 aromatic heterocycles. The molecule has 0 aliphatic heterocycles. The van der Waals surface area contributed by atoms with Gasteiger partial charge in [0.2, 0.25) is 0 Å².